The van der Waals surface area contributed by atoms with E-state index in [1.165, 1.54) is 6.07 Å². The molecule has 0 saturated heterocycles. The smallest absolute Gasteiger partial charge is 0.127 e. The summed E-state index contributed by atoms with van der Waals surface area (Å²) in [4.78, 5) is 0. The summed E-state index contributed by atoms with van der Waals surface area (Å²) in [6.07, 6.45) is 1.80. The van der Waals surface area contributed by atoms with Crippen LogP contribution in [0, 0.1) is 5.82 Å². The summed E-state index contributed by atoms with van der Waals surface area (Å²) >= 11 is 0. The van der Waals surface area contributed by atoms with E-state index in [9.17, 15) is 4.39 Å². The third-order valence-electron chi connectivity index (χ3n) is 2.24. The van der Waals surface area contributed by atoms with Crippen LogP contribution in [0.5, 0.6) is 0 Å². The van der Waals surface area contributed by atoms with Crippen LogP contribution in [0.1, 0.15) is 25.5 Å². The van der Waals surface area contributed by atoms with Crippen molar-refractivity contribution in [3.8, 4) is 0 Å². The molecule has 1 aromatic carbocycles. The van der Waals surface area contributed by atoms with Gasteiger partial charge in [-0.05, 0) is 19.9 Å². The van der Waals surface area contributed by atoms with Crippen molar-refractivity contribution in [1.82, 2.24) is 5.32 Å². The van der Waals surface area contributed by atoms with Gasteiger partial charge in [-0.15, -0.1) is 6.58 Å². The first-order chi connectivity index (χ1) is 6.65. The van der Waals surface area contributed by atoms with Crippen LogP contribution in [0.3, 0.4) is 0 Å². The van der Waals surface area contributed by atoms with Crippen LogP contribution >= 0.6 is 0 Å². The molecule has 0 radical (unpaired) electrons. The topological polar surface area (TPSA) is 12.0 Å². The Hall–Kier alpha value is -1.15. The lowest BCUT2D eigenvalue weighted by molar-refractivity contribution is 0.505. The SMILES string of the molecule is C=CC(C)NC(C)c1ccccc1F. The number of nitrogens with one attached hydrogen (secondary N) is 1. The summed E-state index contributed by atoms with van der Waals surface area (Å²) in [5.74, 6) is -0.163. The van der Waals surface area contributed by atoms with E-state index < -0.39 is 0 Å². The lowest BCUT2D eigenvalue weighted by Gasteiger charge is -2.18. The summed E-state index contributed by atoms with van der Waals surface area (Å²) in [6.45, 7) is 7.61. The van der Waals surface area contributed by atoms with Gasteiger partial charge in [0.15, 0.2) is 0 Å². The van der Waals surface area contributed by atoms with Gasteiger partial charge in [-0.2, -0.15) is 0 Å². The van der Waals surface area contributed by atoms with E-state index >= 15 is 0 Å². The maximum atomic E-state index is 13.3. The molecule has 2 unspecified atom stereocenters. The van der Waals surface area contributed by atoms with Crippen molar-refractivity contribution >= 4 is 0 Å². The summed E-state index contributed by atoms with van der Waals surface area (Å²) in [6, 6.07) is 7.00. The van der Waals surface area contributed by atoms with Crippen molar-refractivity contribution in [3.05, 3.63) is 48.3 Å². The molecule has 0 bridgehead atoms. The number of hydrogen-bond donors (Lipinski definition) is 1. The highest BCUT2D eigenvalue weighted by Gasteiger charge is 2.10. The zero-order chi connectivity index (χ0) is 10.6. The Kier molecular flexibility index (Phi) is 3.84. The van der Waals surface area contributed by atoms with Crippen LogP contribution in [0.25, 0.3) is 0 Å². The summed E-state index contributed by atoms with van der Waals surface area (Å²) in [5.41, 5.74) is 0.696. The van der Waals surface area contributed by atoms with E-state index in [0.29, 0.717) is 5.56 Å². The van der Waals surface area contributed by atoms with Crippen molar-refractivity contribution in [2.24, 2.45) is 0 Å². The average Bonchev–Trinajstić information content (AvgIpc) is 2.18. The predicted octanol–water partition coefficient (Wildman–Crippen LogP) is 3.05. The number of hydrogen-bond acceptors (Lipinski definition) is 1. The van der Waals surface area contributed by atoms with Crippen LogP contribution in [0.15, 0.2) is 36.9 Å². The van der Waals surface area contributed by atoms with Gasteiger partial charge in [-0.1, -0.05) is 24.3 Å². The van der Waals surface area contributed by atoms with Gasteiger partial charge in [0, 0.05) is 17.6 Å². The maximum Gasteiger partial charge on any atom is 0.127 e. The molecule has 2 atom stereocenters. The fourth-order valence-corrected chi connectivity index (χ4v) is 1.38. The molecule has 2 heteroatoms. The fourth-order valence-electron chi connectivity index (χ4n) is 1.38. The van der Waals surface area contributed by atoms with E-state index in [2.05, 4.69) is 11.9 Å². The lowest BCUT2D eigenvalue weighted by atomic mass is 10.1. The highest BCUT2D eigenvalue weighted by molar-refractivity contribution is 5.20. The molecule has 1 nitrogen and oxygen atoms in total. The van der Waals surface area contributed by atoms with E-state index in [0.717, 1.165) is 0 Å². The quantitative estimate of drug-likeness (QED) is 0.725. The highest BCUT2D eigenvalue weighted by atomic mass is 19.1. The van der Waals surface area contributed by atoms with Gasteiger partial charge < -0.3 is 5.32 Å². The molecule has 0 spiro atoms. The van der Waals surface area contributed by atoms with Gasteiger partial charge in [-0.3, -0.25) is 0 Å². The van der Waals surface area contributed by atoms with Crippen LogP contribution < -0.4 is 5.32 Å². The molecule has 0 aromatic heterocycles. The Balaban J connectivity index is 2.74. The maximum absolute atomic E-state index is 13.3. The molecule has 0 amide bonds. The molecule has 14 heavy (non-hydrogen) atoms. The number of halogens is 1. The molecular formula is C12H16FN. The highest BCUT2D eigenvalue weighted by Crippen LogP contribution is 2.16. The Bertz CT molecular complexity index is 309. The van der Waals surface area contributed by atoms with Gasteiger partial charge in [0.25, 0.3) is 0 Å². The normalized spacial score (nSPS) is 14.8. The summed E-state index contributed by atoms with van der Waals surface area (Å²) < 4.78 is 13.3. The first kappa shape index (κ1) is 10.9. The van der Waals surface area contributed by atoms with Gasteiger partial charge in [0.2, 0.25) is 0 Å². The van der Waals surface area contributed by atoms with Gasteiger partial charge in [0.05, 0.1) is 0 Å². The predicted molar refractivity (Wildman–Crippen MR) is 57.6 cm³/mol. The Morgan fingerprint density at radius 3 is 2.57 bits per heavy atom. The summed E-state index contributed by atoms with van der Waals surface area (Å²) in [5, 5.41) is 3.23. The zero-order valence-corrected chi connectivity index (χ0v) is 8.63. The fraction of sp³-hybridized carbons (Fsp3) is 0.333. The molecular weight excluding hydrogens is 177 g/mol. The van der Waals surface area contributed by atoms with Crippen molar-refractivity contribution in [2.75, 3.05) is 0 Å². The zero-order valence-electron chi connectivity index (χ0n) is 8.63. The summed E-state index contributed by atoms with van der Waals surface area (Å²) in [7, 11) is 0. The van der Waals surface area contributed by atoms with Gasteiger partial charge in [0.1, 0.15) is 5.82 Å². The van der Waals surface area contributed by atoms with Crippen molar-refractivity contribution in [1.29, 1.82) is 0 Å². The van der Waals surface area contributed by atoms with Crippen molar-refractivity contribution < 1.29 is 4.39 Å². The van der Waals surface area contributed by atoms with Crippen LogP contribution in [-0.2, 0) is 0 Å². The molecule has 76 valence electrons. The van der Waals surface area contributed by atoms with Crippen LogP contribution in [0.4, 0.5) is 4.39 Å². The molecule has 1 aromatic rings. The van der Waals surface area contributed by atoms with Gasteiger partial charge in [-0.25, -0.2) is 4.39 Å². The molecule has 0 aliphatic heterocycles. The third-order valence-corrected chi connectivity index (χ3v) is 2.24. The van der Waals surface area contributed by atoms with E-state index in [1.807, 2.05) is 19.9 Å². The monoisotopic (exact) mass is 193 g/mol. The third kappa shape index (κ3) is 2.67. The number of benzene rings is 1. The largest absolute Gasteiger partial charge is 0.304 e. The number of rotatable bonds is 4. The average molecular weight is 193 g/mol. The van der Waals surface area contributed by atoms with Crippen molar-refractivity contribution in [2.45, 2.75) is 25.9 Å². The minimum absolute atomic E-state index is 0.00389. The Morgan fingerprint density at radius 2 is 2.00 bits per heavy atom. The standard InChI is InChI=1S/C12H16FN/c1-4-9(2)14-10(3)11-7-5-6-8-12(11)13/h4-10,14H,1H2,2-3H3. The molecule has 0 saturated carbocycles. The Labute approximate surface area is 84.6 Å². The second-order valence-electron chi connectivity index (χ2n) is 3.43. The van der Waals surface area contributed by atoms with E-state index in [1.54, 1.807) is 18.2 Å². The minimum atomic E-state index is -0.163. The molecule has 0 fully saturated rings. The van der Waals surface area contributed by atoms with E-state index in [4.69, 9.17) is 0 Å². The van der Waals surface area contributed by atoms with Gasteiger partial charge >= 0.3 is 0 Å². The Morgan fingerprint density at radius 1 is 1.36 bits per heavy atom. The minimum Gasteiger partial charge on any atom is -0.304 e. The second kappa shape index (κ2) is 4.91. The molecule has 0 heterocycles. The van der Waals surface area contributed by atoms with E-state index in [-0.39, 0.29) is 17.9 Å². The van der Waals surface area contributed by atoms with Crippen molar-refractivity contribution in [3.63, 3.8) is 0 Å². The lowest BCUT2D eigenvalue weighted by Crippen LogP contribution is -2.27. The second-order valence-corrected chi connectivity index (χ2v) is 3.43. The first-order valence-corrected chi connectivity index (χ1v) is 4.78. The molecule has 0 aliphatic rings. The molecule has 1 N–H and O–H groups in total. The van der Waals surface area contributed by atoms with Crippen LogP contribution in [-0.4, -0.2) is 6.04 Å². The molecule has 0 aliphatic carbocycles. The first-order valence-electron chi connectivity index (χ1n) is 4.78. The van der Waals surface area contributed by atoms with Crippen LogP contribution in [0.2, 0.25) is 0 Å². The molecule has 1 rings (SSSR count).